The lowest BCUT2D eigenvalue weighted by Gasteiger charge is -2.33. The maximum atomic E-state index is 2.51. The molecule has 0 N–H and O–H groups in total. The Balaban J connectivity index is 1.05. The van der Waals surface area contributed by atoms with E-state index in [1.165, 1.54) is 77.9 Å². The summed E-state index contributed by atoms with van der Waals surface area (Å²) in [7, 11) is 0. The fraction of sp³-hybridized carbons (Fsp3) is 0.170. The molecule has 3 aliphatic rings. The van der Waals surface area contributed by atoms with E-state index in [9.17, 15) is 0 Å². The van der Waals surface area contributed by atoms with Crippen LogP contribution in [0.2, 0.25) is 0 Å². The summed E-state index contributed by atoms with van der Waals surface area (Å²) in [5.41, 5.74) is 15.7. The van der Waals surface area contributed by atoms with Crippen LogP contribution in [0, 0.1) is 0 Å². The molecule has 2 atom stereocenters. The molecule has 0 fully saturated rings. The van der Waals surface area contributed by atoms with Crippen LogP contribution in [0.4, 0.5) is 11.4 Å². The van der Waals surface area contributed by atoms with Crippen LogP contribution in [-0.2, 0) is 5.41 Å². The predicted octanol–water partition coefficient (Wildman–Crippen LogP) is 14.2. The summed E-state index contributed by atoms with van der Waals surface area (Å²) in [6.45, 7) is 4.75. The van der Waals surface area contributed by atoms with Crippen molar-refractivity contribution in [2.24, 2.45) is 0 Å². The van der Waals surface area contributed by atoms with Gasteiger partial charge in [-0.3, -0.25) is 0 Å². The van der Waals surface area contributed by atoms with Gasteiger partial charge in [0.05, 0.1) is 11.0 Å². The third-order valence-electron chi connectivity index (χ3n) is 12.8. The Kier molecular flexibility index (Phi) is 8.29. The van der Waals surface area contributed by atoms with Gasteiger partial charge in [0.15, 0.2) is 0 Å². The Morgan fingerprint density at radius 3 is 1.84 bits per heavy atom. The normalized spacial score (nSPS) is 18.0. The van der Waals surface area contributed by atoms with Crippen molar-refractivity contribution in [3.8, 4) is 16.8 Å². The molecule has 0 radical (unpaired) electrons. The van der Waals surface area contributed by atoms with Gasteiger partial charge in [-0.15, -0.1) is 0 Å². The van der Waals surface area contributed by atoms with Gasteiger partial charge in [-0.2, -0.15) is 0 Å². The molecule has 0 saturated heterocycles. The quantitative estimate of drug-likeness (QED) is 0.152. The van der Waals surface area contributed by atoms with E-state index in [1.54, 1.807) is 0 Å². The standard InChI is InChI=1S/C53H46N2/c1-3-53(4-2)49-35-41(31-33-45(49)46-34-32-42(36-50(46)53)55-51-25-15-13-23-47(51)48-24-14-16-26-52(48)55)54(39-19-9-6-10-20-39)40-29-27-38(28-30-40)44-22-12-11-21-43(44)37-17-7-5-8-18-37/h5-17,19-27,29-38H,3-4,18,28H2,1-2H3. The van der Waals surface area contributed by atoms with E-state index in [0.717, 1.165) is 25.7 Å². The van der Waals surface area contributed by atoms with Crippen molar-refractivity contribution in [1.29, 1.82) is 0 Å². The van der Waals surface area contributed by atoms with Crippen LogP contribution in [0.5, 0.6) is 0 Å². The molecule has 55 heavy (non-hydrogen) atoms. The minimum absolute atomic E-state index is 0.0911. The number of allylic oxidation sites excluding steroid dienone is 7. The second-order valence-corrected chi connectivity index (χ2v) is 15.4. The Hall–Kier alpha value is -6.12. The number of hydrogen-bond acceptors (Lipinski definition) is 1. The molecular weight excluding hydrogens is 665 g/mol. The number of rotatable bonds is 8. The van der Waals surface area contributed by atoms with Crippen molar-refractivity contribution in [3.63, 3.8) is 0 Å². The van der Waals surface area contributed by atoms with Crippen LogP contribution < -0.4 is 4.90 Å². The molecule has 0 bridgehead atoms. The summed E-state index contributed by atoms with van der Waals surface area (Å²) < 4.78 is 2.46. The van der Waals surface area contributed by atoms with Crippen LogP contribution in [0.25, 0.3) is 38.6 Å². The second kappa shape index (κ2) is 13.6. The lowest BCUT2D eigenvalue weighted by atomic mass is 9.73. The molecule has 7 aromatic rings. The molecule has 2 unspecified atom stereocenters. The van der Waals surface area contributed by atoms with Crippen molar-refractivity contribution in [3.05, 3.63) is 210 Å². The molecule has 10 rings (SSSR count). The summed E-state index contributed by atoms with van der Waals surface area (Å²) in [5.74, 6) is 0.787. The van der Waals surface area contributed by atoms with E-state index in [-0.39, 0.29) is 5.41 Å². The first-order chi connectivity index (χ1) is 27.2. The van der Waals surface area contributed by atoms with E-state index >= 15 is 0 Å². The zero-order valence-electron chi connectivity index (χ0n) is 31.7. The number of anilines is 2. The van der Waals surface area contributed by atoms with Crippen LogP contribution in [-0.4, -0.2) is 4.57 Å². The number of aromatic nitrogens is 1. The van der Waals surface area contributed by atoms with E-state index < -0.39 is 0 Å². The van der Waals surface area contributed by atoms with Gasteiger partial charge in [0.25, 0.3) is 0 Å². The van der Waals surface area contributed by atoms with Gasteiger partial charge in [-0.05, 0) is 114 Å². The first-order valence-corrected chi connectivity index (χ1v) is 20.1. The molecule has 2 heteroatoms. The summed E-state index contributed by atoms with van der Waals surface area (Å²) in [5, 5.41) is 2.59. The summed E-state index contributed by atoms with van der Waals surface area (Å²) in [4.78, 5) is 2.47. The maximum Gasteiger partial charge on any atom is 0.0541 e. The van der Waals surface area contributed by atoms with Crippen molar-refractivity contribution >= 4 is 33.2 Å². The van der Waals surface area contributed by atoms with Gasteiger partial charge >= 0.3 is 0 Å². The lowest BCUT2D eigenvalue weighted by Crippen LogP contribution is -2.24. The molecule has 6 aromatic carbocycles. The fourth-order valence-corrected chi connectivity index (χ4v) is 9.99. The van der Waals surface area contributed by atoms with Crippen LogP contribution in [0.1, 0.15) is 73.6 Å². The monoisotopic (exact) mass is 710 g/mol. The van der Waals surface area contributed by atoms with E-state index in [4.69, 9.17) is 0 Å². The van der Waals surface area contributed by atoms with E-state index in [0.29, 0.717) is 11.8 Å². The molecular formula is C53H46N2. The highest BCUT2D eigenvalue weighted by Gasteiger charge is 2.41. The fourth-order valence-electron chi connectivity index (χ4n) is 9.99. The maximum absolute atomic E-state index is 2.51. The highest BCUT2D eigenvalue weighted by molar-refractivity contribution is 6.09. The van der Waals surface area contributed by atoms with Crippen molar-refractivity contribution < 1.29 is 0 Å². The van der Waals surface area contributed by atoms with Gasteiger partial charge in [-0.1, -0.05) is 141 Å². The minimum atomic E-state index is -0.0911. The van der Waals surface area contributed by atoms with Crippen molar-refractivity contribution in [2.75, 3.05) is 4.90 Å². The summed E-state index contributed by atoms with van der Waals surface area (Å²) in [6, 6.07) is 52.1. The highest BCUT2D eigenvalue weighted by Crippen LogP contribution is 2.55. The van der Waals surface area contributed by atoms with Gasteiger partial charge < -0.3 is 9.47 Å². The van der Waals surface area contributed by atoms with Crippen molar-refractivity contribution in [2.45, 2.75) is 56.8 Å². The van der Waals surface area contributed by atoms with E-state index in [1.807, 2.05) is 0 Å². The number of nitrogens with zero attached hydrogens (tertiary/aromatic N) is 2. The van der Waals surface area contributed by atoms with Crippen LogP contribution >= 0.6 is 0 Å². The molecule has 0 spiro atoms. The average Bonchev–Trinajstić information content (AvgIpc) is 3.74. The second-order valence-electron chi connectivity index (χ2n) is 15.4. The number of benzene rings is 6. The predicted molar refractivity (Wildman–Crippen MR) is 233 cm³/mol. The minimum Gasteiger partial charge on any atom is -0.311 e. The summed E-state index contributed by atoms with van der Waals surface area (Å²) >= 11 is 0. The lowest BCUT2D eigenvalue weighted by molar-refractivity contribution is 0.490. The molecule has 268 valence electrons. The zero-order chi connectivity index (χ0) is 36.9. The first kappa shape index (κ1) is 33.4. The zero-order valence-corrected chi connectivity index (χ0v) is 31.7. The van der Waals surface area contributed by atoms with Gasteiger partial charge in [-0.25, -0.2) is 0 Å². The third-order valence-corrected chi connectivity index (χ3v) is 12.8. The Labute approximate surface area is 325 Å². The smallest absolute Gasteiger partial charge is 0.0541 e. The Morgan fingerprint density at radius 1 is 0.582 bits per heavy atom. The highest BCUT2D eigenvalue weighted by atomic mass is 15.1. The van der Waals surface area contributed by atoms with Crippen LogP contribution in [0.15, 0.2) is 188 Å². The SMILES string of the molecule is CCC1(CC)c2cc(N(C3=CCC(c4ccccc4C4C=CC=CC4)C=C3)c3ccccc3)ccc2-c2ccc(-n3c4ccccc4c4ccccc43)cc21. The Morgan fingerprint density at radius 2 is 1.20 bits per heavy atom. The molecule has 0 amide bonds. The van der Waals surface area contributed by atoms with Gasteiger partial charge in [0.1, 0.15) is 0 Å². The molecule has 1 aromatic heterocycles. The first-order valence-electron chi connectivity index (χ1n) is 20.1. The molecule has 2 nitrogen and oxygen atoms in total. The van der Waals surface area contributed by atoms with Gasteiger partial charge in [0, 0.05) is 50.8 Å². The molecule has 0 saturated carbocycles. The molecule has 0 aliphatic heterocycles. The van der Waals surface area contributed by atoms with Crippen molar-refractivity contribution in [1.82, 2.24) is 4.57 Å². The number of para-hydroxylation sites is 3. The third kappa shape index (κ3) is 5.38. The number of hydrogen-bond donors (Lipinski definition) is 0. The van der Waals surface area contributed by atoms with Crippen LogP contribution in [0.3, 0.4) is 0 Å². The summed E-state index contributed by atoms with van der Waals surface area (Å²) in [6.07, 6.45) is 20.4. The topological polar surface area (TPSA) is 8.17 Å². The Bertz CT molecular complexity index is 2640. The molecule has 3 aliphatic carbocycles. The largest absolute Gasteiger partial charge is 0.311 e. The van der Waals surface area contributed by atoms with Gasteiger partial charge in [0.2, 0.25) is 0 Å². The average molecular weight is 711 g/mol. The molecule has 1 heterocycles. The van der Waals surface area contributed by atoms with E-state index in [2.05, 4.69) is 205 Å². The number of fused-ring (bicyclic) bond motifs is 6.